The first-order valence-electron chi connectivity index (χ1n) is 15.5. The molecule has 0 aliphatic carbocycles. The zero-order valence-corrected chi connectivity index (χ0v) is 27.1. The summed E-state index contributed by atoms with van der Waals surface area (Å²) < 4.78 is 21.7. The fraction of sp³-hybridized carbons (Fsp3) is 0.438. The normalized spacial score (nSPS) is 13.1. The number of piperazine rings is 1. The summed E-state index contributed by atoms with van der Waals surface area (Å²) in [5.74, 6) is 0.165. The van der Waals surface area contributed by atoms with Gasteiger partial charge in [-0.25, -0.2) is 4.98 Å². The van der Waals surface area contributed by atoms with Crippen LogP contribution in [-0.2, 0) is 23.7 Å². The van der Waals surface area contributed by atoms with Gasteiger partial charge in [0.25, 0.3) is 5.91 Å². The van der Waals surface area contributed by atoms with Crippen LogP contribution in [0.15, 0.2) is 54.7 Å². The van der Waals surface area contributed by atoms with E-state index in [2.05, 4.69) is 25.5 Å². The summed E-state index contributed by atoms with van der Waals surface area (Å²) in [5, 5.41) is 6.58. The molecule has 2 heterocycles. The smallest absolute Gasteiger partial charge is 0.250 e. The highest BCUT2D eigenvalue weighted by molar-refractivity contribution is 6.33. The Hall–Kier alpha value is -4.05. The molecule has 4 rings (SSSR count). The van der Waals surface area contributed by atoms with Crippen LogP contribution in [0.1, 0.15) is 16.8 Å². The Morgan fingerprint density at radius 1 is 0.830 bits per heavy atom. The molecule has 2 amide bonds. The maximum absolute atomic E-state index is 12.7. The van der Waals surface area contributed by atoms with Crippen molar-refractivity contribution in [1.29, 1.82) is 0 Å². The van der Waals surface area contributed by atoms with E-state index >= 15 is 0 Å². The van der Waals surface area contributed by atoms with Gasteiger partial charge in [0, 0.05) is 44.1 Å². The molecule has 0 saturated carbocycles. The molecule has 3 aromatic rings. The number of nitrogens with zero attached hydrogens (tertiary/aromatic N) is 4. The van der Waals surface area contributed by atoms with Gasteiger partial charge in [-0.3, -0.25) is 9.59 Å². The van der Waals surface area contributed by atoms with Crippen molar-refractivity contribution >= 4 is 52.2 Å². The molecule has 1 aliphatic rings. The Morgan fingerprint density at radius 3 is 2.17 bits per heavy atom. The SMILES string of the molecule is NCCOCCOCCOCCOCCC(=O)N1CCN(c2cccc(Nc3ncc(Cl)c(Nc4ccccc4C(N)=O)n3)c2)CC1. The van der Waals surface area contributed by atoms with Crippen molar-refractivity contribution in [3.8, 4) is 0 Å². The number of carbonyl (C=O) groups is 2. The van der Waals surface area contributed by atoms with E-state index in [1.807, 2.05) is 29.2 Å². The summed E-state index contributed by atoms with van der Waals surface area (Å²) in [4.78, 5) is 37.4. The number of hydrogen-bond acceptors (Lipinski definition) is 12. The van der Waals surface area contributed by atoms with Gasteiger partial charge in [0.05, 0.1) is 76.7 Å². The summed E-state index contributed by atoms with van der Waals surface area (Å²) in [5.41, 5.74) is 13.5. The van der Waals surface area contributed by atoms with Gasteiger partial charge in [0.1, 0.15) is 5.02 Å². The van der Waals surface area contributed by atoms with Gasteiger partial charge in [-0.2, -0.15) is 4.98 Å². The lowest BCUT2D eigenvalue weighted by Crippen LogP contribution is -2.49. The van der Waals surface area contributed by atoms with E-state index in [-0.39, 0.29) is 10.9 Å². The Bertz CT molecular complexity index is 1430. The lowest BCUT2D eigenvalue weighted by atomic mass is 10.1. The Labute approximate surface area is 279 Å². The van der Waals surface area contributed by atoms with Crippen molar-refractivity contribution in [2.75, 3.05) is 101 Å². The summed E-state index contributed by atoms with van der Waals surface area (Å²) in [6.07, 6.45) is 1.81. The minimum absolute atomic E-state index is 0.0778. The Balaban J connectivity index is 1.16. The number of para-hydroxylation sites is 1. The molecule has 6 N–H and O–H groups in total. The summed E-state index contributed by atoms with van der Waals surface area (Å²) in [6, 6.07) is 14.7. The van der Waals surface area contributed by atoms with Crippen molar-refractivity contribution in [2.45, 2.75) is 6.42 Å². The molecule has 0 bridgehead atoms. The first kappa shape index (κ1) is 35.8. The molecule has 0 unspecified atom stereocenters. The van der Waals surface area contributed by atoms with Crippen LogP contribution in [-0.4, -0.2) is 112 Å². The lowest BCUT2D eigenvalue weighted by molar-refractivity contribution is -0.132. The van der Waals surface area contributed by atoms with Crippen LogP contribution in [0.4, 0.5) is 28.8 Å². The topological polar surface area (TPSA) is 179 Å². The van der Waals surface area contributed by atoms with E-state index in [9.17, 15) is 9.59 Å². The predicted octanol–water partition coefficient (Wildman–Crippen LogP) is 2.78. The number of ether oxygens (including phenoxy) is 4. The van der Waals surface area contributed by atoms with Gasteiger partial charge in [-0.15, -0.1) is 0 Å². The van der Waals surface area contributed by atoms with Crippen LogP contribution in [0.5, 0.6) is 0 Å². The van der Waals surface area contributed by atoms with Gasteiger partial charge in [0.15, 0.2) is 5.82 Å². The van der Waals surface area contributed by atoms with Crippen molar-refractivity contribution in [3.05, 3.63) is 65.3 Å². The number of aromatic nitrogens is 2. The third-order valence-corrected chi connectivity index (χ3v) is 7.40. The number of nitrogens with one attached hydrogen (secondary N) is 2. The zero-order chi connectivity index (χ0) is 33.3. The molecular formula is C32H43ClN8O6. The van der Waals surface area contributed by atoms with Crippen LogP contribution in [0.2, 0.25) is 5.02 Å². The first-order chi connectivity index (χ1) is 22.9. The average molecular weight is 671 g/mol. The number of amides is 2. The number of halogens is 1. The lowest BCUT2D eigenvalue weighted by Gasteiger charge is -2.36. The zero-order valence-electron chi connectivity index (χ0n) is 26.4. The van der Waals surface area contributed by atoms with E-state index in [1.165, 1.54) is 6.20 Å². The number of rotatable bonds is 20. The second kappa shape index (κ2) is 19.6. The highest BCUT2D eigenvalue weighted by Gasteiger charge is 2.21. The fourth-order valence-corrected chi connectivity index (χ4v) is 4.87. The predicted molar refractivity (Wildman–Crippen MR) is 181 cm³/mol. The third kappa shape index (κ3) is 11.9. The van der Waals surface area contributed by atoms with Gasteiger partial charge in [-0.05, 0) is 30.3 Å². The summed E-state index contributed by atoms with van der Waals surface area (Å²) in [6.45, 7) is 6.92. The highest BCUT2D eigenvalue weighted by Crippen LogP contribution is 2.28. The number of primary amides is 1. The molecule has 2 aromatic carbocycles. The van der Waals surface area contributed by atoms with E-state index in [4.69, 9.17) is 42.0 Å². The van der Waals surface area contributed by atoms with Crippen molar-refractivity contribution < 1.29 is 28.5 Å². The van der Waals surface area contributed by atoms with Gasteiger partial charge >= 0.3 is 0 Å². The van der Waals surface area contributed by atoms with Crippen molar-refractivity contribution in [2.24, 2.45) is 11.5 Å². The minimum Gasteiger partial charge on any atom is -0.379 e. The van der Waals surface area contributed by atoms with E-state index in [0.717, 1.165) is 11.4 Å². The summed E-state index contributed by atoms with van der Waals surface area (Å²) in [7, 11) is 0. The molecule has 0 radical (unpaired) electrons. The number of anilines is 5. The standard InChI is InChI=1S/C32H43ClN8O6/c33-27-23-36-32(39-31(27)38-28-7-2-1-6-26(28)30(35)43)37-24-4-3-5-25(22-24)40-10-12-41(13-11-40)29(42)8-14-44-16-18-46-20-21-47-19-17-45-15-9-34/h1-7,22-23H,8-21,34H2,(H2,35,43)(H2,36,37,38,39). The Morgan fingerprint density at radius 2 is 1.49 bits per heavy atom. The first-order valence-corrected chi connectivity index (χ1v) is 15.9. The maximum Gasteiger partial charge on any atom is 0.250 e. The number of hydrogen-bond donors (Lipinski definition) is 4. The minimum atomic E-state index is -0.565. The summed E-state index contributed by atoms with van der Waals surface area (Å²) >= 11 is 6.34. The molecule has 15 heteroatoms. The van der Waals surface area contributed by atoms with Crippen LogP contribution >= 0.6 is 11.6 Å². The molecule has 1 aliphatic heterocycles. The van der Waals surface area contributed by atoms with Gasteiger partial charge < -0.3 is 50.8 Å². The Kier molecular flexibility index (Phi) is 14.9. The molecule has 254 valence electrons. The van der Waals surface area contributed by atoms with Gasteiger partial charge in [0.2, 0.25) is 11.9 Å². The fourth-order valence-electron chi connectivity index (χ4n) is 4.74. The van der Waals surface area contributed by atoms with Crippen molar-refractivity contribution in [1.82, 2.24) is 14.9 Å². The van der Waals surface area contributed by atoms with E-state index in [1.54, 1.807) is 24.3 Å². The van der Waals surface area contributed by atoms with Crippen molar-refractivity contribution in [3.63, 3.8) is 0 Å². The maximum atomic E-state index is 12.7. The number of nitrogens with two attached hydrogens (primary N) is 2. The number of carbonyl (C=O) groups excluding carboxylic acids is 2. The monoisotopic (exact) mass is 670 g/mol. The van der Waals surface area contributed by atoms with Crippen LogP contribution in [0, 0.1) is 0 Å². The van der Waals surface area contributed by atoms with Crippen LogP contribution in [0.25, 0.3) is 0 Å². The molecule has 1 fully saturated rings. The second-order valence-corrected chi connectivity index (χ2v) is 10.9. The average Bonchev–Trinajstić information content (AvgIpc) is 3.08. The molecule has 47 heavy (non-hydrogen) atoms. The second-order valence-electron chi connectivity index (χ2n) is 10.5. The molecule has 0 spiro atoms. The quantitative estimate of drug-likeness (QED) is 0.129. The molecule has 14 nitrogen and oxygen atoms in total. The highest BCUT2D eigenvalue weighted by atomic mass is 35.5. The molecular weight excluding hydrogens is 628 g/mol. The van der Waals surface area contributed by atoms with Crippen LogP contribution in [0.3, 0.4) is 0 Å². The molecule has 1 saturated heterocycles. The largest absolute Gasteiger partial charge is 0.379 e. The van der Waals surface area contributed by atoms with Crippen LogP contribution < -0.4 is 27.0 Å². The van der Waals surface area contributed by atoms with E-state index < -0.39 is 5.91 Å². The van der Waals surface area contributed by atoms with Gasteiger partial charge in [-0.1, -0.05) is 29.8 Å². The molecule has 0 atom stereocenters. The number of benzene rings is 2. The molecule has 1 aromatic heterocycles. The van der Waals surface area contributed by atoms with E-state index in [0.29, 0.717) is 115 Å². The third-order valence-electron chi connectivity index (χ3n) is 7.13.